The van der Waals surface area contributed by atoms with Crippen molar-refractivity contribution in [1.29, 1.82) is 0 Å². The van der Waals surface area contributed by atoms with E-state index in [1.807, 2.05) is 9.58 Å². The van der Waals surface area contributed by atoms with Crippen LogP contribution in [0.25, 0.3) is 0 Å². The second-order valence-electron chi connectivity index (χ2n) is 4.96. The molecule has 1 fully saturated rings. The van der Waals surface area contributed by atoms with E-state index in [0.29, 0.717) is 19.8 Å². The lowest BCUT2D eigenvalue weighted by atomic mass is 10.1. The van der Waals surface area contributed by atoms with E-state index in [1.165, 1.54) is 6.33 Å². The first-order valence-corrected chi connectivity index (χ1v) is 6.96. The molecule has 0 spiro atoms. The van der Waals surface area contributed by atoms with Gasteiger partial charge >= 0.3 is 0 Å². The molecule has 0 aromatic carbocycles. The monoisotopic (exact) mass is 282 g/mol. The molecule has 1 saturated heterocycles. The molecule has 2 atom stereocenters. The molecular formula is C13H22N4O3. The van der Waals surface area contributed by atoms with Gasteiger partial charge in [0.1, 0.15) is 18.8 Å². The summed E-state index contributed by atoms with van der Waals surface area (Å²) in [6.45, 7) is 4.17. The van der Waals surface area contributed by atoms with Crippen molar-refractivity contribution in [2.75, 3.05) is 33.4 Å². The maximum Gasteiger partial charge on any atom is 0.251 e. The second-order valence-corrected chi connectivity index (χ2v) is 4.96. The van der Waals surface area contributed by atoms with Crippen LogP contribution in [0.15, 0.2) is 12.7 Å². The molecule has 0 radical (unpaired) electrons. The highest BCUT2D eigenvalue weighted by Gasteiger charge is 2.28. The summed E-state index contributed by atoms with van der Waals surface area (Å²) in [5.74, 6) is 0.0333. The van der Waals surface area contributed by atoms with Gasteiger partial charge in [0.25, 0.3) is 5.91 Å². The molecule has 20 heavy (non-hydrogen) atoms. The third-order valence-electron chi connectivity index (χ3n) is 3.52. The van der Waals surface area contributed by atoms with Gasteiger partial charge in [0.15, 0.2) is 0 Å². The van der Waals surface area contributed by atoms with Gasteiger partial charge in [-0.05, 0) is 19.8 Å². The highest BCUT2D eigenvalue weighted by atomic mass is 16.5. The summed E-state index contributed by atoms with van der Waals surface area (Å²) in [5.41, 5.74) is 0. The quantitative estimate of drug-likeness (QED) is 0.710. The molecule has 1 aromatic rings. The molecule has 1 aliphatic heterocycles. The molecule has 0 unspecified atom stereocenters. The SMILES string of the molecule is COCCO[C@H](C)C(=O)N1CCC[C@@H](n2cncn2)C1. The normalized spacial score (nSPS) is 20.9. The zero-order valence-corrected chi connectivity index (χ0v) is 12.1. The fraction of sp³-hybridized carbons (Fsp3) is 0.769. The van der Waals surface area contributed by atoms with Crippen molar-refractivity contribution in [3.8, 4) is 0 Å². The number of ether oxygens (including phenoxy) is 2. The van der Waals surface area contributed by atoms with E-state index in [2.05, 4.69) is 10.1 Å². The number of nitrogens with zero attached hydrogens (tertiary/aromatic N) is 4. The summed E-state index contributed by atoms with van der Waals surface area (Å²) >= 11 is 0. The molecule has 0 saturated carbocycles. The molecule has 0 N–H and O–H groups in total. The molecule has 0 aliphatic carbocycles. The third-order valence-corrected chi connectivity index (χ3v) is 3.52. The van der Waals surface area contributed by atoms with Crippen molar-refractivity contribution in [3.05, 3.63) is 12.7 Å². The van der Waals surface area contributed by atoms with Crippen molar-refractivity contribution in [2.24, 2.45) is 0 Å². The maximum absolute atomic E-state index is 12.3. The van der Waals surface area contributed by atoms with Crippen LogP contribution in [0, 0.1) is 0 Å². The van der Waals surface area contributed by atoms with E-state index in [9.17, 15) is 4.79 Å². The van der Waals surface area contributed by atoms with Crippen LogP contribution in [0.5, 0.6) is 0 Å². The minimum Gasteiger partial charge on any atom is -0.382 e. The summed E-state index contributed by atoms with van der Waals surface area (Å²) in [4.78, 5) is 18.1. The van der Waals surface area contributed by atoms with Crippen LogP contribution in [0.1, 0.15) is 25.8 Å². The van der Waals surface area contributed by atoms with Gasteiger partial charge in [-0.25, -0.2) is 9.67 Å². The highest BCUT2D eigenvalue weighted by Crippen LogP contribution is 2.21. The van der Waals surface area contributed by atoms with Crippen LogP contribution in [-0.4, -0.2) is 65.1 Å². The molecule has 112 valence electrons. The zero-order chi connectivity index (χ0) is 14.4. The topological polar surface area (TPSA) is 69.5 Å². The highest BCUT2D eigenvalue weighted by molar-refractivity contribution is 5.80. The van der Waals surface area contributed by atoms with Gasteiger partial charge in [0.05, 0.1) is 19.3 Å². The Morgan fingerprint density at radius 3 is 3.05 bits per heavy atom. The molecule has 1 aromatic heterocycles. The van der Waals surface area contributed by atoms with Gasteiger partial charge < -0.3 is 14.4 Å². The molecule has 0 bridgehead atoms. The van der Waals surface area contributed by atoms with Crippen LogP contribution in [0.2, 0.25) is 0 Å². The number of hydrogen-bond donors (Lipinski definition) is 0. The number of carbonyl (C=O) groups excluding carboxylic acids is 1. The third kappa shape index (κ3) is 3.77. The molecule has 7 nitrogen and oxygen atoms in total. The molecule has 7 heteroatoms. The van der Waals surface area contributed by atoms with Crippen LogP contribution in [-0.2, 0) is 14.3 Å². The van der Waals surface area contributed by atoms with Crippen molar-refractivity contribution >= 4 is 5.91 Å². The Morgan fingerprint density at radius 1 is 1.50 bits per heavy atom. The first kappa shape index (κ1) is 14.9. The van der Waals surface area contributed by atoms with Crippen LogP contribution in [0.4, 0.5) is 0 Å². The van der Waals surface area contributed by atoms with E-state index < -0.39 is 6.10 Å². The Morgan fingerprint density at radius 2 is 2.35 bits per heavy atom. The van der Waals surface area contributed by atoms with Gasteiger partial charge in [-0.3, -0.25) is 4.79 Å². The summed E-state index contributed by atoms with van der Waals surface area (Å²) in [5, 5.41) is 4.16. The van der Waals surface area contributed by atoms with Crippen LogP contribution < -0.4 is 0 Å². The number of aromatic nitrogens is 3. The first-order chi connectivity index (χ1) is 9.72. The Kier molecular flexibility index (Phi) is 5.49. The Bertz CT molecular complexity index is 410. The fourth-order valence-electron chi connectivity index (χ4n) is 2.41. The first-order valence-electron chi connectivity index (χ1n) is 6.96. The molecule has 1 aliphatic rings. The minimum absolute atomic E-state index is 0.0333. The number of rotatable bonds is 6. The summed E-state index contributed by atoms with van der Waals surface area (Å²) in [7, 11) is 1.61. The van der Waals surface area contributed by atoms with Crippen LogP contribution in [0.3, 0.4) is 0 Å². The number of amides is 1. The number of likely N-dealkylation sites (tertiary alicyclic amines) is 1. The van der Waals surface area contributed by atoms with Crippen molar-refractivity contribution in [2.45, 2.75) is 31.9 Å². The lowest BCUT2D eigenvalue weighted by Gasteiger charge is -2.34. The number of hydrogen-bond acceptors (Lipinski definition) is 5. The number of methoxy groups -OCH3 is 1. The maximum atomic E-state index is 12.3. The summed E-state index contributed by atoms with van der Waals surface area (Å²) < 4.78 is 12.2. The second kappa shape index (κ2) is 7.35. The summed E-state index contributed by atoms with van der Waals surface area (Å²) in [6.07, 6.45) is 4.79. The number of carbonyl (C=O) groups is 1. The predicted octanol–water partition coefficient (Wildman–Crippen LogP) is 0.493. The van der Waals surface area contributed by atoms with Crippen molar-refractivity contribution in [3.63, 3.8) is 0 Å². The van der Waals surface area contributed by atoms with E-state index in [4.69, 9.17) is 9.47 Å². The number of piperidine rings is 1. The van der Waals surface area contributed by atoms with Gasteiger partial charge in [0.2, 0.25) is 0 Å². The smallest absolute Gasteiger partial charge is 0.251 e. The average Bonchev–Trinajstić information content (AvgIpc) is 3.01. The van der Waals surface area contributed by atoms with Crippen LogP contribution >= 0.6 is 0 Å². The lowest BCUT2D eigenvalue weighted by molar-refractivity contribution is -0.145. The fourth-order valence-corrected chi connectivity index (χ4v) is 2.41. The summed E-state index contributed by atoms with van der Waals surface area (Å²) in [6, 6.07) is 0.210. The molecular weight excluding hydrogens is 260 g/mol. The van der Waals surface area contributed by atoms with Gasteiger partial charge in [-0.2, -0.15) is 5.10 Å². The average molecular weight is 282 g/mol. The van der Waals surface area contributed by atoms with Gasteiger partial charge in [0, 0.05) is 20.2 Å². The standard InChI is InChI=1S/C13H22N4O3/c1-11(20-7-6-19-2)13(18)16-5-3-4-12(8-16)17-10-14-9-15-17/h9-12H,3-8H2,1-2H3/t11-,12-/m1/s1. The van der Waals surface area contributed by atoms with Crippen molar-refractivity contribution < 1.29 is 14.3 Å². The van der Waals surface area contributed by atoms with Gasteiger partial charge in [-0.15, -0.1) is 0 Å². The molecule has 2 rings (SSSR count). The Labute approximate surface area is 118 Å². The van der Waals surface area contributed by atoms with E-state index >= 15 is 0 Å². The van der Waals surface area contributed by atoms with E-state index in [1.54, 1.807) is 20.4 Å². The van der Waals surface area contributed by atoms with E-state index in [-0.39, 0.29) is 11.9 Å². The largest absolute Gasteiger partial charge is 0.382 e. The van der Waals surface area contributed by atoms with E-state index in [0.717, 1.165) is 19.4 Å². The predicted molar refractivity (Wildman–Crippen MR) is 72.2 cm³/mol. The van der Waals surface area contributed by atoms with Crippen molar-refractivity contribution in [1.82, 2.24) is 19.7 Å². The zero-order valence-electron chi connectivity index (χ0n) is 12.1. The lowest BCUT2D eigenvalue weighted by Crippen LogP contribution is -2.45. The Balaban J connectivity index is 1.86. The van der Waals surface area contributed by atoms with Gasteiger partial charge in [-0.1, -0.05) is 0 Å². The molecule has 2 heterocycles. The molecule has 1 amide bonds. The Hall–Kier alpha value is -1.47. The minimum atomic E-state index is -0.431.